The molecule has 0 aliphatic rings. The molecule has 1 atom stereocenters. The zero-order valence-electron chi connectivity index (χ0n) is 16.9. The van der Waals surface area contributed by atoms with Crippen LogP contribution in [0.1, 0.15) is 18.1 Å². The fourth-order valence-electron chi connectivity index (χ4n) is 2.88. The number of hydrogen-bond acceptors (Lipinski definition) is 6. The Balaban J connectivity index is 2.19. The second-order valence-corrected chi connectivity index (χ2v) is 6.07. The van der Waals surface area contributed by atoms with Crippen molar-refractivity contribution in [3.63, 3.8) is 0 Å². The first kappa shape index (κ1) is 21.2. The van der Waals surface area contributed by atoms with Gasteiger partial charge in [0.1, 0.15) is 12.4 Å². The molecule has 0 fully saturated rings. The molecule has 0 aromatic heterocycles. The molecule has 0 amide bonds. The Bertz CT molecular complexity index is 803. The Morgan fingerprint density at radius 3 is 2.04 bits per heavy atom. The van der Waals surface area contributed by atoms with Gasteiger partial charge in [0.25, 0.3) is 0 Å². The summed E-state index contributed by atoms with van der Waals surface area (Å²) in [7, 11) is 6.34. The number of ether oxygens (including phenoxy) is 5. The third-order valence-electron chi connectivity index (χ3n) is 4.13. The first-order chi connectivity index (χ1) is 13.6. The van der Waals surface area contributed by atoms with Crippen molar-refractivity contribution >= 4 is 12.4 Å². The third kappa shape index (κ3) is 5.19. The van der Waals surface area contributed by atoms with E-state index in [4.69, 9.17) is 23.7 Å². The van der Waals surface area contributed by atoms with Gasteiger partial charge in [-0.2, -0.15) is 0 Å². The van der Waals surface area contributed by atoms with Crippen molar-refractivity contribution in [2.75, 3.05) is 28.4 Å². The number of aldehydes is 1. The highest BCUT2D eigenvalue weighted by molar-refractivity contribution is 5.74. The van der Waals surface area contributed by atoms with Crippen molar-refractivity contribution in [2.24, 2.45) is 0 Å². The molecule has 6 heteroatoms. The number of carbonyl (C=O) groups excluding carboxylic acids is 1. The average molecular weight is 386 g/mol. The van der Waals surface area contributed by atoms with Gasteiger partial charge in [0.05, 0.1) is 28.4 Å². The number of hydrogen-bond donors (Lipinski definition) is 0. The molecule has 0 aliphatic heterocycles. The Hall–Kier alpha value is -3.15. The van der Waals surface area contributed by atoms with E-state index in [1.165, 1.54) is 6.08 Å². The van der Waals surface area contributed by atoms with Gasteiger partial charge in [0, 0.05) is 6.42 Å². The smallest absolute Gasteiger partial charge is 0.203 e. The van der Waals surface area contributed by atoms with Gasteiger partial charge in [0.15, 0.2) is 23.0 Å². The monoisotopic (exact) mass is 386 g/mol. The van der Waals surface area contributed by atoms with Crippen molar-refractivity contribution in [3.8, 4) is 28.7 Å². The van der Waals surface area contributed by atoms with E-state index >= 15 is 0 Å². The van der Waals surface area contributed by atoms with E-state index in [0.29, 0.717) is 35.2 Å². The molecule has 0 saturated carbocycles. The summed E-state index contributed by atoms with van der Waals surface area (Å²) < 4.78 is 27.7. The molecular weight excluding hydrogens is 360 g/mol. The van der Waals surface area contributed by atoms with Crippen LogP contribution in [-0.2, 0) is 11.2 Å². The first-order valence-corrected chi connectivity index (χ1v) is 8.81. The SMILES string of the molecule is COc1cc(/C=C/C=O)ccc1O[C@@H](C)Cc1cc(OC)c(OC)c(OC)c1. The molecule has 0 heterocycles. The Labute approximate surface area is 165 Å². The summed E-state index contributed by atoms with van der Waals surface area (Å²) in [5.74, 6) is 3.00. The second-order valence-electron chi connectivity index (χ2n) is 6.07. The van der Waals surface area contributed by atoms with Crippen LogP contribution >= 0.6 is 0 Å². The summed E-state index contributed by atoms with van der Waals surface area (Å²) in [6.45, 7) is 1.98. The minimum atomic E-state index is -0.131. The van der Waals surface area contributed by atoms with Crippen molar-refractivity contribution in [3.05, 3.63) is 47.5 Å². The summed E-state index contributed by atoms with van der Waals surface area (Å²) in [5.41, 5.74) is 1.85. The highest BCUT2D eigenvalue weighted by Gasteiger charge is 2.16. The minimum absolute atomic E-state index is 0.131. The molecule has 0 radical (unpaired) electrons. The first-order valence-electron chi connectivity index (χ1n) is 8.81. The maximum Gasteiger partial charge on any atom is 0.203 e. The van der Waals surface area contributed by atoms with Crippen LogP contribution in [0, 0.1) is 0 Å². The Morgan fingerprint density at radius 1 is 0.857 bits per heavy atom. The lowest BCUT2D eigenvalue weighted by atomic mass is 10.1. The van der Waals surface area contributed by atoms with Gasteiger partial charge < -0.3 is 23.7 Å². The molecule has 0 unspecified atom stereocenters. The number of carbonyl (C=O) groups is 1. The van der Waals surface area contributed by atoms with E-state index in [2.05, 4.69) is 0 Å². The van der Waals surface area contributed by atoms with Crippen molar-refractivity contribution in [1.29, 1.82) is 0 Å². The second kappa shape index (κ2) is 10.3. The van der Waals surface area contributed by atoms with E-state index < -0.39 is 0 Å². The van der Waals surface area contributed by atoms with E-state index in [-0.39, 0.29) is 6.10 Å². The van der Waals surface area contributed by atoms with Crippen LogP contribution in [0.4, 0.5) is 0 Å². The molecule has 2 aromatic carbocycles. The zero-order valence-corrected chi connectivity index (χ0v) is 16.9. The molecule has 0 spiro atoms. The normalized spacial score (nSPS) is 11.8. The van der Waals surface area contributed by atoms with Gasteiger partial charge in [-0.3, -0.25) is 4.79 Å². The summed E-state index contributed by atoms with van der Waals surface area (Å²) in [6, 6.07) is 9.33. The van der Waals surface area contributed by atoms with Crippen LogP contribution in [0.3, 0.4) is 0 Å². The highest BCUT2D eigenvalue weighted by atomic mass is 16.5. The van der Waals surface area contributed by atoms with Crippen molar-refractivity contribution < 1.29 is 28.5 Å². The third-order valence-corrected chi connectivity index (χ3v) is 4.13. The van der Waals surface area contributed by atoms with Crippen molar-refractivity contribution in [2.45, 2.75) is 19.4 Å². The standard InChI is InChI=1S/C22H26O6/c1-15(11-17-13-20(25-3)22(27-5)21(14-17)26-4)28-18-9-8-16(7-6-10-23)12-19(18)24-2/h6-10,12-15H,11H2,1-5H3/b7-6+/t15-/m0/s1. The van der Waals surface area contributed by atoms with Crippen LogP contribution < -0.4 is 23.7 Å². The van der Waals surface area contributed by atoms with E-state index in [1.54, 1.807) is 34.5 Å². The molecule has 150 valence electrons. The lowest BCUT2D eigenvalue weighted by Gasteiger charge is -2.19. The molecule has 28 heavy (non-hydrogen) atoms. The van der Waals surface area contributed by atoms with Gasteiger partial charge in [0.2, 0.25) is 5.75 Å². The van der Waals surface area contributed by atoms with E-state index in [0.717, 1.165) is 17.4 Å². The van der Waals surface area contributed by atoms with Gasteiger partial charge in [-0.05, 0) is 48.4 Å². The average Bonchev–Trinajstić information content (AvgIpc) is 2.71. The number of benzene rings is 2. The molecule has 0 aliphatic carbocycles. The van der Waals surface area contributed by atoms with Gasteiger partial charge in [-0.15, -0.1) is 0 Å². The molecule has 2 rings (SSSR count). The van der Waals surface area contributed by atoms with Crippen molar-refractivity contribution in [1.82, 2.24) is 0 Å². The maximum absolute atomic E-state index is 10.5. The van der Waals surface area contributed by atoms with E-state index in [1.807, 2.05) is 37.3 Å². The van der Waals surface area contributed by atoms with Crippen LogP contribution in [0.25, 0.3) is 6.08 Å². The lowest BCUT2D eigenvalue weighted by molar-refractivity contribution is -0.104. The molecular formula is C22H26O6. The molecule has 2 aromatic rings. The Kier molecular flexibility index (Phi) is 7.75. The summed E-state index contributed by atoms with van der Waals surface area (Å²) in [4.78, 5) is 10.5. The summed E-state index contributed by atoms with van der Waals surface area (Å²) in [6.07, 6.45) is 4.37. The van der Waals surface area contributed by atoms with Gasteiger partial charge >= 0.3 is 0 Å². The Morgan fingerprint density at radius 2 is 1.50 bits per heavy atom. The van der Waals surface area contributed by atoms with Crippen LogP contribution in [0.5, 0.6) is 28.7 Å². The lowest BCUT2D eigenvalue weighted by Crippen LogP contribution is -2.16. The molecule has 0 bridgehead atoms. The molecule has 0 saturated heterocycles. The molecule has 0 N–H and O–H groups in total. The molecule has 6 nitrogen and oxygen atoms in total. The van der Waals surface area contributed by atoms with E-state index in [9.17, 15) is 4.79 Å². The largest absolute Gasteiger partial charge is 0.493 e. The zero-order chi connectivity index (χ0) is 20.5. The number of allylic oxidation sites excluding steroid dienone is 1. The maximum atomic E-state index is 10.5. The predicted molar refractivity (Wildman–Crippen MR) is 108 cm³/mol. The van der Waals surface area contributed by atoms with Gasteiger partial charge in [-0.1, -0.05) is 12.1 Å². The summed E-state index contributed by atoms with van der Waals surface area (Å²) >= 11 is 0. The fraction of sp³-hybridized carbons (Fsp3) is 0.318. The fourth-order valence-corrected chi connectivity index (χ4v) is 2.88. The van der Waals surface area contributed by atoms with Crippen LogP contribution in [0.2, 0.25) is 0 Å². The van der Waals surface area contributed by atoms with Gasteiger partial charge in [-0.25, -0.2) is 0 Å². The highest BCUT2D eigenvalue weighted by Crippen LogP contribution is 2.38. The summed E-state index contributed by atoms with van der Waals surface area (Å²) in [5, 5.41) is 0. The predicted octanol–water partition coefficient (Wildman–Crippen LogP) is 3.94. The van der Waals surface area contributed by atoms with Crippen LogP contribution in [0.15, 0.2) is 36.4 Å². The number of methoxy groups -OCH3 is 4. The minimum Gasteiger partial charge on any atom is -0.493 e. The topological polar surface area (TPSA) is 63.2 Å². The quantitative estimate of drug-likeness (QED) is 0.455. The number of rotatable bonds is 10. The van der Waals surface area contributed by atoms with Crippen LogP contribution in [-0.4, -0.2) is 40.8 Å².